The summed E-state index contributed by atoms with van der Waals surface area (Å²) in [5.41, 5.74) is 2.82. The van der Waals surface area contributed by atoms with Gasteiger partial charge in [0.15, 0.2) is 0 Å². The highest BCUT2D eigenvalue weighted by Crippen LogP contribution is 2.26. The van der Waals surface area contributed by atoms with E-state index in [0.29, 0.717) is 28.8 Å². The lowest BCUT2D eigenvalue weighted by molar-refractivity contribution is 0.0654. The highest BCUT2D eigenvalue weighted by molar-refractivity contribution is 5.96. The minimum atomic E-state index is -0.419. The van der Waals surface area contributed by atoms with E-state index in [4.69, 9.17) is 4.98 Å². The number of nitrogens with zero attached hydrogens (tertiary/aromatic N) is 3. The number of aromatic nitrogens is 2. The Morgan fingerprint density at radius 1 is 0.909 bits per heavy atom. The van der Waals surface area contributed by atoms with E-state index in [1.807, 2.05) is 91.5 Å². The Morgan fingerprint density at radius 2 is 1.55 bits per heavy atom. The summed E-state index contributed by atoms with van der Waals surface area (Å²) < 4.78 is 1.64. The molecule has 0 N–H and O–H groups in total. The Hall–Kier alpha value is -3.73. The number of carbonyl (C=O) groups is 1. The molecule has 0 aliphatic heterocycles. The summed E-state index contributed by atoms with van der Waals surface area (Å²) in [6.07, 6.45) is 0. The molecule has 1 unspecified atom stereocenters. The Bertz CT molecular complexity index is 1340. The Morgan fingerprint density at radius 3 is 2.24 bits per heavy atom. The van der Waals surface area contributed by atoms with E-state index >= 15 is 0 Å². The molecule has 0 spiro atoms. The van der Waals surface area contributed by atoms with Crippen molar-refractivity contribution >= 4 is 16.8 Å². The Kier molecular flexibility index (Phi) is 6.40. The first-order chi connectivity index (χ1) is 15.9. The molecule has 1 atom stereocenters. The number of amides is 1. The molecule has 1 heterocycles. The van der Waals surface area contributed by atoms with Gasteiger partial charge in [-0.15, -0.1) is 0 Å². The molecule has 4 aromatic rings. The number of hydrogen-bond acceptors (Lipinski definition) is 3. The standard InChI is InChI=1S/C28H29N3O2/c1-19(2)18-30(27(32)23-15-9-8-12-20(23)3)21(4)26-29-25-17-11-10-16-24(25)28(33)31(26)22-13-6-5-7-14-22/h5-17,19,21H,18H2,1-4H3. The third-order valence-electron chi connectivity index (χ3n) is 5.86. The van der Waals surface area contributed by atoms with E-state index in [1.165, 1.54) is 0 Å². The second kappa shape index (κ2) is 9.41. The number of rotatable bonds is 6. The maximum atomic E-state index is 13.7. The van der Waals surface area contributed by atoms with Crippen LogP contribution in [0.4, 0.5) is 0 Å². The zero-order chi connectivity index (χ0) is 23.5. The third kappa shape index (κ3) is 4.44. The summed E-state index contributed by atoms with van der Waals surface area (Å²) in [7, 11) is 0. The van der Waals surface area contributed by atoms with Gasteiger partial charge in [0.2, 0.25) is 0 Å². The summed E-state index contributed by atoms with van der Waals surface area (Å²) in [5.74, 6) is 0.738. The van der Waals surface area contributed by atoms with Crippen LogP contribution >= 0.6 is 0 Å². The summed E-state index contributed by atoms with van der Waals surface area (Å²) >= 11 is 0. The van der Waals surface area contributed by atoms with Crippen LogP contribution in [0.2, 0.25) is 0 Å². The smallest absolute Gasteiger partial charge is 0.266 e. The molecule has 5 nitrogen and oxygen atoms in total. The van der Waals surface area contributed by atoms with Gasteiger partial charge in [0.25, 0.3) is 11.5 Å². The maximum absolute atomic E-state index is 13.7. The topological polar surface area (TPSA) is 55.2 Å². The lowest BCUT2D eigenvalue weighted by atomic mass is 10.0. The van der Waals surface area contributed by atoms with Gasteiger partial charge >= 0.3 is 0 Å². The predicted molar refractivity (Wildman–Crippen MR) is 133 cm³/mol. The fourth-order valence-corrected chi connectivity index (χ4v) is 4.17. The minimum Gasteiger partial charge on any atom is -0.328 e. The monoisotopic (exact) mass is 439 g/mol. The maximum Gasteiger partial charge on any atom is 0.266 e. The van der Waals surface area contributed by atoms with Gasteiger partial charge in [0.05, 0.1) is 22.6 Å². The second-order valence-electron chi connectivity index (χ2n) is 8.81. The van der Waals surface area contributed by atoms with Crippen LogP contribution in [-0.2, 0) is 0 Å². The number of benzene rings is 3. The van der Waals surface area contributed by atoms with Crippen molar-refractivity contribution in [1.82, 2.24) is 14.5 Å². The Balaban J connectivity index is 1.92. The van der Waals surface area contributed by atoms with Gasteiger partial charge < -0.3 is 4.90 Å². The summed E-state index contributed by atoms with van der Waals surface area (Å²) in [6, 6.07) is 24.1. The van der Waals surface area contributed by atoms with E-state index in [2.05, 4.69) is 13.8 Å². The molecule has 0 aliphatic carbocycles. The lowest BCUT2D eigenvalue weighted by Gasteiger charge is -2.32. The first-order valence-electron chi connectivity index (χ1n) is 11.3. The van der Waals surface area contributed by atoms with Crippen LogP contribution in [0.5, 0.6) is 0 Å². The van der Waals surface area contributed by atoms with Crippen molar-refractivity contribution in [1.29, 1.82) is 0 Å². The second-order valence-corrected chi connectivity index (χ2v) is 8.81. The zero-order valence-electron chi connectivity index (χ0n) is 19.5. The molecule has 3 aromatic carbocycles. The van der Waals surface area contributed by atoms with Crippen LogP contribution < -0.4 is 5.56 Å². The molecule has 5 heteroatoms. The van der Waals surface area contributed by atoms with E-state index < -0.39 is 6.04 Å². The van der Waals surface area contributed by atoms with Gasteiger partial charge in [-0.3, -0.25) is 14.2 Å². The molecular formula is C28H29N3O2. The molecule has 168 valence electrons. The highest BCUT2D eigenvalue weighted by atomic mass is 16.2. The number of hydrogen-bond donors (Lipinski definition) is 0. The first kappa shape index (κ1) is 22.5. The van der Waals surface area contributed by atoms with E-state index in [0.717, 1.165) is 11.3 Å². The van der Waals surface area contributed by atoms with E-state index in [-0.39, 0.29) is 17.4 Å². The molecule has 0 aliphatic rings. The SMILES string of the molecule is Cc1ccccc1C(=O)N(CC(C)C)C(C)c1nc2ccccc2c(=O)n1-c1ccccc1. The fourth-order valence-electron chi connectivity index (χ4n) is 4.17. The average Bonchev–Trinajstić information content (AvgIpc) is 2.82. The molecule has 0 saturated carbocycles. The molecular weight excluding hydrogens is 410 g/mol. The van der Waals surface area contributed by atoms with Crippen molar-refractivity contribution in [2.24, 2.45) is 5.92 Å². The molecule has 1 amide bonds. The van der Waals surface area contributed by atoms with Crippen LogP contribution in [0, 0.1) is 12.8 Å². The van der Waals surface area contributed by atoms with E-state index in [9.17, 15) is 9.59 Å². The van der Waals surface area contributed by atoms with Crippen LogP contribution in [0.1, 0.15) is 48.6 Å². The normalized spacial score (nSPS) is 12.2. The number of para-hydroxylation sites is 2. The van der Waals surface area contributed by atoms with Crippen LogP contribution in [-0.4, -0.2) is 26.9 Å². The van der Waals surface area contributed by atoms with Crippen molar-refractivity contribution in [3.63, 3.8) is 0 Å². The molecule has 0 radical (unpaired) electrons. The third-order valence-corrected chi connectivity index (χ3v) is 5.86. The number of aryl methyl sites for hydroxylation is 1. The lowest BCUT2D eigenvalue weighted by Crippen LogP contribution is -2.39. The van der Waals surface area contributed by atoms with Gasteiger partial charge in [-0.25, -0.2) is 4.98 Å². The van der Waals surface area contributed by atoms with Gasteiger partial charge in [-0.2, -0.15) is 0 Å². The first-order valence-corrected chi connectivity index (χ1v) is 11.3. The largest absolute Gasteiger partial charge is 0.328 e. The van der Waals surface area contributed by atoms with Crippen molar-refractivity contribution < 1.29 is 4.79 Å². The van der Waals surface area contributed by atoms with E-state index in [1.54, 1.807) is 10.6 Å². The zero-order valence-corrected chi connectivity index (χ0v) is 19.5. The van der Waals surface area contributed by atoms with Crippen LogP contribution in [0.25, 0.3) is 16.6 Å². The summed E-state index contributed by atoms with van der Waals surface area (Å²) in [5, 5.41) is 0.554. The van der Waals surface area contributed by atoms with Crippen molar-refractivity contribution in [2.45, 2.75) is 33.7 Å². The predicted octanol–water partition coefficient (Wildman–Crippen LogP) is 5.55. The van der Waals surface area contributed by atoms with Gasteiger partial charge in [0.1, 0.15) is 5.82 Å². The Labute approximate surface area is 194 Å². The average molecular weight is 440 g/mol. The van der Waals surface area contributed by atoms with Gasteiger partial charge in [0, 0.05) is 12.1 Å². The molecule has 0 bridgehead atoms. The molecule has 33 heavy (non-hydrogen) atoms. The molecule has 1 aromatic heterocycles. The van der Waals surface area contributed by atoms with Gasteiger partial charge in [-0.1, -0.05) is 62.4 Å². The summed E-state index contributed by atoms with van der Waals surface area (Å²) in [4.78, 5) is 34.1. The minimum absolute atomic E-state index is 0.0590. The van der Waals surface area contributed by atoms with Gasteiger partial charge in [-0.05, 0) is 55.7 Å². The van der Waals surface area contributed by atoms with Crippen LogP contribution in [0.3, 0.4) is 0 Å². The van der Waals surface area contributed by atoms with Crippen molar-refractivity contribution in [2.75, 3.05) is 6.54 Å². The number of fused-ring (bicyclic) bond motifs is 1. The highest BCUT2D eigenvalue weighted by Gasteiger charge is 2.28. The number of carbonyl (C=O) groups excluding carboxylic acids is 1. The van der Waals surface area contributed by atoms with Crippen LogP contribution in [0.15, 0.2) is 83.7 Å². The molecule has 4 rings (SSSR count). The van der Waals surface area contributed by atoms with Crippen molar-refractivity contribution in [3.8, 4) is 5.69 Å². The molecule has 0 saturated heterocycles. The molecule has 0 fully saturated rings. The fraction of sp³-hybridized carbons (Fsp3) is 0.250. The summed E-state index contributed by atoms with van der Waals surface area (Å²) in [6.45, 7) is 8.62. The van der Waals surface area contributed by atoms with Crippen molar-refractivity contribution in [3.05, 3.63) is 106 Å². The quantitative estimate of drug-likeness (QED) is 0.396.